The fourth-order valence-corrected chi connectivity index (χ4v) is 3.96. The second-order valence-corrected chi connectivity index (χ2v) is 7.00. The summed E-state index contributed by atoms with van der Waals surface area (Å²) in [6, 6.07) is 6.99. The number of carboxylic acids is 1. The molecule has 2 atom stereocenters. The molecule has 0 saturated carbocycles. The van der Waals surface area contributed by atoms with Crippen molar-refractivity contribution in [3.05, 3.63) is 35.4 Å². The Kier molecular flexibility index (Phi) is 6.47. The van der Waals surface area contributed by atoms with Crippen molar-refractivity contribution in [1.29, 1.82) is 0 Å². The minimum atomic E-state index is -0.974. The molecule has 0 aromatic heterocycles. The molecule has 0 amide bonds. The molecule has 5 nitrogen and oxygen atoms in total. The van der Waals surface area contributed by atoms with Crippen molar-refractivity contribution in [2.75, 3.05) is 12.4 Å². The molecule has 0 spiro atoms. The first-order chi connectivity index (χ1) is 11.0. The summed E-state index contributed by atoms with van der Waals surface area (Å²) in [7, 11) is 0. The molecule has 0 heterocycles. The molecule has 1 aromatic rings. The summed E-state index contributed by atoms with van der Waals surface area (Å²) in [5.74, 6) is -0.851. The largest absolute Gasteiger partial charge is 0.480 e. The van der Waals surface area contributed by atoms with E-state index in [1.54, 1.807) is 18.7 Å². The maximum absolute atomic E-state index is 12.0. The normalized spacial score (nSPS) is 16.6. The van der Waals surface area contributed by atoms with E-state index in [2.05, 4.69) is 17.4 Å². The summed E-state index contributed by atoms with van der Waals surface area (Å²) in [6.45, 7) is 3.57. The third kappa shape index (κ3) is 4.97. The Morgan fingerprint density at radius 3 is 2.48 bits per heavy atom. The zero-order valence-corrected chi connectivity index (χ0v) is 14.3. The SMILES string of the molecule is CCOC(=O)[C@H](CSC1Cc2ccccc2C1)N[C@@H](C)C(=O)O. The lowest BCUT2D eigenvalue weighted by molar-refractivity contribution is -0.146. The van der Waals surface area contributed by atoms with E-state index in [1.807, 2.05) is 12.1 Å². The fraction of sp³-hybridized carbons (Fsp3) is 0.529. The molecule has 1 aromatic carbocycles. The number of esters is 1. The third-order valence-electron chi connectivity index (χ3n) is 3.90. The molecule has 2 N–H and O–H groups in total. The van der Waals surface area contributed by atoms with Gasteiger partial charge in [0.2, 0.25) is 0 Å². The van der Waals surface area contributed by atoms with Gasteiger partial charge >= 0.3 is 11.9 Å². The van der Waals surface area contributed by atoms with Gasteiger partial charge in [0.1, 0.15) is 12.1 Å². The van der Waals surface area contributed by atoms with Crippen LogP contribution in [0.25, 0.3) is 0 Å². The van der Waals surface area contributed by atoms with Gasteiger partial charge in [-0.25, -0.2) is 0 Å². The van der Waals surface area contributed by atoms with Crippen LogP contribution in [0.5, 0.6) is 0 Å². The Morgan fingerprint density at radius 2 is 1.96 bits per heavy atom. The average Bonchev–Trinajstić information content (AvgIpc) is 2.93. The highest BCUT2D eigenvalue weighted by molar-refractivity contribution is 8.00. The second kappa shape index (κ2) is 8.36. The quantitative estimate of drug-likeness (QED) is 0.706. The van der Waals surface area contributed by atoms with Gasteiger partial charge in [-0.1, -0.05) is 24.3 Å². The number of carbonyl (C=O) groups is 2. The van der Waals surface area contributed by atoms with Crippen molar-refractivity contribution in [3.8, 4) is 0 Å². The number of fused-ring (bicyclic) bond motifs is 1. The Labute approximate surface area is 140 Å². The van der Waals surface area contributed by atoms with Gasteiger partial charge in [0.25, 0.3) is 0 Å². The molecule has 1 aliphatic rings. The van der Waals surface area contributed by atoms with Gasteiger partial charge in [-0.15, -0.1) is 0 Å². The summed E-state index contributed by atoms with van der Waals surface area (Å²) in [5, 5.41) is 12.3. The van der Waals surface area contributed by atoms with E-state index in [9.17, 15) is 9.59 Å². The smallest absolute Gasteiger partial charge is 0.324 e. The average molecular weight is 337 g/mol. The predicted molar refractivity (Wildman–Crippen MR) is 90.8 cm³/mol. The number of aliphatic carboxylic acids is 1. The molecule has 126 valence electrons. The van der Waals surface area contributed by atoms with Crippen LogP contribution in [-0.4, -0.2) is 46.7 Å². The number of carboxylic acid groups (broad SMARTS) is 1. The minimum Gasteiger partial charge on any atom is -0.480 e. The topological polar surface area (TPSA) is 75.6 Å². The van der Waals surface area contributed by atoms with Gasteiger partial charge in [0.05, 0.1) is 6.61 Å². The van der Waals surface area contributed by atoms with E-state index in [1.165, 1.54) is 18.1 Å². The minimum absolute atomic E-state index is 0.290. The van der Waals surface area contributed by atoms with Crippen molar-refractivity contribution in [2.24, 2.45) is 0 Å². The predicted octanol–water partition coefficient (Wildman–Crippen LogP) is 1.88. The van der Waals surface area contributed by atoms with Gasteiger partial charge < -0.3 is 9.84 Å². The molecule has 0 bridgehead atoms. The van der Waals surface area contributed by atoms with Crippen molar-refractivity contribution in [1.82, 2.24) is 5.32 Å². The highest BCUT2D eigenvalue weighted by Gasteiger charge is 2.27. The van der Waals surface area contributed by atoms with Crippen molar-refractivity contribution in [2.45, 2.75) is 44.0 Å². The number of ether oxygens (including phenoxy) is 1. The lowest BCUT2D eigenvalue weighted by Crippen LogP contribution is -2.48. The molecule has 23 heavy (non-hydrogen) atoms. The number of hydrogen-bond donors (Lipinski definition) is 2. The first-order valence-corrected chi connectivity index (χ1v) is 8.90. The van der Waals surface area contributed by atoms with Crippen molar-refractivity contribution in [3.63, 3.8) is 0 Å². The molecule has 0 saturated heterocycles. The number of nitrogens with one attached hydrogen (secondary N) is 1. The monoisotopic (exact) mass is 337 g/mol. The lowest BCUT2D eigenvalue weighted by Gasteiger charge is -2.21. The van der Waals surface area contributed by atoms with Gasteiger partial charge in [0, 0.05) is 11.0 Å². The number of hydrogen-bond acceptors (Lipinski definition) is 5. The van der Waals surface area contributed by atoms with E-state index >= 15 is 0 Å². The van der Waals surface area contributed by atoms with Gasteiger partial charge in [-0.05, 0) is 37.8 Å². The second-order valence-electron chi connectivity index (χ2n) is 5.66. The summed E-state index contributed by atoms with van der Waals surface area (Å²) < 4.78 is 5.05. The van der Waals surface area contributed by atoms with Crippen LogP contribution in [0, 0.1) is 0 Å². The van der Waals surface area contributed by atoms with Crippen LogP contribution in [0.3, 0.4) is 0 Å². The van der Waals surface area contributed by atoms with Crippen LogP contribution in [0.15, 0.2) is 24.3 Å². The number of benzene rings is 1. The molecule has 2 rings (SSSR count). The molecule has 1 aliphatic carbocycles. The van der Waals surface area contributed by atoms with Crippen LogP contribution in [0.2, 0.25) is 0 Å². The van der Waals surface area contributed by atoms with Crippen LogP contribution in [0.4, 0.5) is 0 Å². The summed E-state index contributed by atoms with van der Waals surface area (Å²) in [6.07, 6.45) is 1.98. The van der Waals surface area contributed by atoms with Crippen molar-refractivity contribution < 1.29 is 19.4 Å². The molecular formula is C17H23NO4S. The highest BCUT2D eigenvalue weighted by Crippen LogP contribution is 2.30. The molecular weight excluding hydrogens is 314 g/mol. The Morgan fingerprint density at radius 1 is 1.35 bits per heavy atom. The third-order valence-corrected chi connectivity index (χ3v) is 5.24. The standard InChI is InChI=1S/C17H23NO4S/c1-3-22-17(21)15(18-11(2)16(19)20)10-23-14-8-12-6-4-5-7-13(12)9-14/h4-7,11,14-15,18H,3,8-10H2,1-2H3,(H,19,20)/t11-,15-/m0/s1. The van der Waals surface area contributed by atoms with Crippen molar-refractivity contribution >= 4 is 23.7 Å². The zero-order valence-electron chi connectivity index (χ0n) is 13.5. The van der Waals surface area contributed by atoms with Crippen LogP contribution in [0.1, 0.15) is 25.0 Å². The van der Waals surface area contributed by atoms with E-state index in [0.717, 1.165) is 12.8 Å². The molecule has 6 heteroatoms. The maximum Gasteiger partial charge on any atom is 0.324 e. The fourth-order valence-electron chi connectivity index (χ4n) is 2.67. The molecule has 0 aliphatic heterocycles. The van der Waals surface area contributed by atoms with Crippen LogP contribution < -0.4 is 5.32 Å². The van der Waals surface area contributed by atoms with Gasteiger partial charge in [-0.3, -0.25) is 14.9 Å². The summed E-state index contributed by atoms with van der Waals surface area (Å²) in [4.78, 5) is 23.0. The number of rotatable bonds is 8. The Balaban J connectivity index is 1.90. The van der Waals surface area contributed by atoms with Crippen LogP contribution >= 0.6 is 11.8 Å². The molecule has 0 radical (unpaired) electrons. The summed E-state index contributed by atoms with van der Waals surface area (Å²) >= 11 is 1.70. The van der Waals surface area contributed by atoms with E-state index in [-0.39, 0.29) is 12.6 Å². The lowest BCUT2D eigenvalue weighted by atomic mass is 10.1. The molecule has 0 unspecified atom stereocenters. The van der Waals surface area contributed by atoms with Gasteiger partial charge in [-0.2, -0.15) is 11.8 Å². The van der Waals surface area contributed by atoms with E-state index in [4.69, 9.17) is 9.84 Å². The first-order valence-electron chi connectivity index (χ1n) is 7.85. The summed E-state index contributed by atoms with van der Waals surface area (Å²) in [5.41, 5.74) is 2.73. The van der Waals surface area contributed by atoms with E-state index < -0.39 is 18.1 Å². The molecule has 0 fully saturated rings. The zero-order chi connectivity index (χ0) is 16.8. The Bertz CT molecular complexity index is 538. The number of carbonyl (C=O) groups excluding carboxylic acids is 1. The van der Waals surface area contributed by atoms with E-state index in [0.29, 0.717) is 11.0 Å². The Hall–Kier alpha value is -1.53. The number of thioether (sulfide) groups is 1. The highest BCUT2D eigenvalue weighted by atomic mass is 32.2. The van der Waals surface area contributed by atoms with Gasteiger partial charge in [0.15, 0.2) is 0 Å². The van der Waals surface area contributed by atoms with Crippen LogP contribution in [-0.2, 0) is 27.2 Å². The first kappa shape index (κ1) is 17.8. The maximum atomic E-state index is 12.0.